The number of rotatable bonds is 0. The Morgan fingerprint density at radius 1 is 1.14 bits per heavy atom. The fraction of sp³-hybridized carbons (Fsp3) is 0. The molecule has 0 aromatic rings. The van der Waals surface area contributed by atoms with Gasteiger partial charge in [-0.05, 0) is 0 Å². The molecular formula is H2AgBiCaCuOPbSr. The Morgan fingerprint density at radius 2 is 1.14 bits per heavy atom. The largest absolute Gasteiger partial charge is 0 e. The Bertz CT molecular complexity index is 19.7. The van der Waals surface area contributed by atoms with Gasteiger partial charge in [-0.15, -0.1) is 0 Å². The third-order valence-electron chi connectivity index (χ3n) is 0. The SMILES string of the molecule is O.[Ag].[Bi].[Ca][Sr].[Cu].[Pb]. The van der Waals surface area contributed by atoms with Crippen LogP contribution in [0.15, 0.2) is 0 Å². The second-order valence-electron chi connectivity index (χ2n) is 0. The molecule has 7 heteroatoms. The fourth-order valence-corrected chi connectivity index (χ4v) is 0. The van der Waals surface area contributed by atoms with E-state index in [9.17, 15) is 0 Å². The fourth-order valence-electron chi connectivity index (χ4n) is 0. The smallest absolute Gasteiger partial charge is 0 e. The monoisotopic (exact) mass is 733 g/mol. The Kier molecular flexibility index (Phi) is 226. The van der Waals surface area contributed by atoms with E-state index in [4.69, 9.17) is 0 Å². The Morgan fingerprint density at radius 3 is 1.14 bits per heavy atom. The van der Waals surface area contributed by atoms with Crippen LogP contribution >= 0.6 is 0 Å². The van der Waals surface area contributed by atoms with Gasteiger partial charge in [-0.3, -0.25) is 0 Å². The third kappa shape index (κ3) is 33.8. The van der Waals surface area contributed by atoms with Gasteiger partial charge >= 0.3 is 55.6 Å². The van der Waals surface area contributed by atoms with Crippen LogP contribution in [0.1, 0.15) is 0 Å². The molecular weight excluding hydrogens is 731 g/mol. The first-order valence-electron chi connectivity index (χ1n) is 0.500. The minimum absolute atomic E-state index is 0. The molecule has 0 spiro atoms. The summed E-state index contributed by atoms with van der Waals surface area (Å²) in [6.07, 6.45) is 0. The Balaban J connectivity index is -0.000000000500. The molecule has 0 heterocycles. The van der Waals surface area contributed by atoms with Crippen molar-refractivity contribution in [2.75, 3.05) is 0 Å². The molecule has 0 aromatic heterocycles. The Labute approximate surface area is 148 Å². The maximum absolute atomic E-state index is 1.54. The average molecular weight is 733 g/mol. The van der Waals surface area contributed by atoms with E-state index in [1.165, 1.54) is 32.3 Å². The zero-order chi connectivity index (χ0) is 2.00. The van der Waals surface area contributed by atoms with Crippen molar-refractivity contribution in [3.8, 4) is 0 Å². The summed E-state index contributed by atoms with van der Waals surface area (Å²) in [5, 5.41) is 0. The van der Waals surface area contributed by atoms with E-state index in [-0.39, 0.29) is 98.4 Å². The van der Waals surface area contributed by atoms with Crippen molar-refractivity contribution in [3.05, 3.63) is 0 Å². The van der Waals surface area contributed by atoms with Gasteiger partial charge in [0.05, 0.1) is 0 Å². The summed E-state index contributed by atoms with van der Waals surface area (Å²) in [4.78, 5) is 0. The normalized spacial score (nSPS) is 0.286. The summed E-state index contributed by atoms with van der Waals surface area (Å²) in [5.74, 6) is 0. The third-order valence-corrected chi connectivity index (χ3v) is 0. The zero-order valence-electron chi connectivity index (χ0n) is 3.46. The van der Waals surface area contributed by atoms with Crippen LogP contribution in [0.3, 0.4) is 0 Å². The van der Waals surface area contributed by atoms with E-state index >= 15 is 0 Å². The van der Waals surface area contributed by atoms with E-state index in [0.29, 0.717) is 0 Å². The van der Waals surface area contributed by atoms with E-state index in [1.54, 1.807) is 23.3 Å². The van der Waals surface area contributed by atoms with Gasteiger partial charge in [-0.25, -0.2) is 0 Å². The predicted molar refractivity (Wildman–Crippen MR) is 26.6 cm³/mol. The molecule has 0 aromatic carbocycles. The van der Waals surface area contributed by atoms with Crippen molar-refractivity contribution in [2.24, 2.45) is 0 Å². The minimum Gasteiger partial charge on any atom is 0 e. The van der Waals surface area contributed by atoms with Crippen molar-refractivity contribution in [1.82, 2.24) is 0 Å². The molecule has 0 amide bonds. The van der Waals surface area contributed by atoms with E-state index in [0.717, 1.165) is 0 Å². The number of hydrogen-bond acceptors (Lipinski definition) is 0. The van der Waals surface area contributed by atoms with Crippen LogP contribution < -0.4 is 0 Å². The van der Waals surface area contributed by atoms with Crippen LogP contribution in [0.4, 0.5) is 0 Å². The van der Waals surface area contributed by atoms with Gasteiger partial charge in [-0.2, -0.15) is 0 Å². The molecule has 11 radical (unpaired) electrons. The van der Waals surface area contributed by atoms with Crippen molar-refractivity contribution < 1.29 is 44.9 Å². The molecule has 0 aliphatic rings. The standard InChI is InChI=1S/Ag.Bi.Ca.Cu.H2O.Pb.Sr/h;;;;1H2;;. The minimum atomic E-state index is 0. The molecule has 0 aliphatic heterocycles. The number of hydrogen-bond donors (Lipinski definition) is 0. The van der Waals surface area contributed by atoms with Crippen molar-refractivity contribution >= 4 is 109 Å². The van der Waals surface area contributed by atoms with Crippen LogP contribution in [-0.2, 0) is 39.4 Å². The van der Waals surface area contributed by atoms with Crippen LogP contribution in [0, 0.1) is 0 Å². The molecule has 0 rings (SSSR count). The molecule has 0 atom stereocenters. The molecule has 0 fully saturated rings. The van der Waals surface area contributed by atoms with Crippen LogP contribution in [0.2, 0.25) is 0 Å². The maximum atomic E-state index is 1.54. The molecule has 1 nitrogen and oxygen atoms in total. The second-order valence-corrected chi connectivity index (χ2v) is 0. The Hall–Kier alpha value is 5.77. The van der Waals surface area contributed by atoms with Gasteiger partial charge < -0.3 is 5.48 Å². The topological polar surface area (TPSA) is 31.5 Å². The molecule has 43 valence electrons. The summed E-state index contributed by atoms with van der Waals surface area (Å²) in [6, 6.07) is 0. The van der Waals surface area contributed by atoms with Gasteiger partial charge in [-0.1, -0.05) is 0 Å². The second kappa shape index (κ2) is 41.0. The molecule has 0 saturated carbocycles. The van der Waals surface area contributed by atoms with Gasteiger partial charge in [0.1, 0.15) is 0 Å². The van der Waals surface area contributed by atoms with Crippen LogP contribution in [0.5, 0.6) is 0 Å². The molecule has 7 heavy (non-hydrogen) atoms. The predicted octanol–water partition coefficient (Wildman–Crippen LogP) is -2.35. The van der Waals surface area contributed by atoms with Crippen molar-refractivity contribution in [3.63, 3.8) is 0 Å². The first-order chi connectivity index (χ1) is 1.00. The maximum Gasteiger partial charge on any atom is 0 e. The summed E-state index contributed by atoms with van der Waals surface area (Å²) in [5.41, 5.74) is 0. The molecule has 2 N–H and O–H groups in total. The average Bonchev–Trinajstić information content (AvgIpc) is 1.00. The molecule has 0 saturated heterocycles. The van der Waals surface area contributed by atoms with E-state index < -0.39 is 0 Å². The van der Waals surface area contributed by atoms with Crippen LogP contribution in [0.25, 0.3) is 0 Å². The van der Waals surface area contributed by atoms with Gasteiger partial charge in [0, 0.05) is 93.0 Å². The van der Waals surface area contributed by atoms with E-state index in [2.05, 4.69) is 0 Å². The summed E-state index contributed by atoms with van der Waals surface area (Å²) < 4.78 is 0. The molecule has 0 aliphatic carbocycles. The summed E-state index contributed by atoms with van der Waals surface area (Å²) >= 11 is 2.82. The quantitative estimate of drug-likeness (QED) is 0.250. The zero-order valence-corrected chi connectivity index (χ0v) is 18.9. The van der Waals surface area contributed by atoms with Crippen molar-refractivity contribution in [2.45, 2.75) is 0 Å². The van der Waals surface area contributed by atoms with Gasteiger partial charge in [0.15, 0.2) is 0 Å². The molecule has 0 unspecified atom stereocenters. The van der Waals surface area contributed by atoms with Gasteiger partial charge in [0.2, 0.25) is 0 Å². The van der Waals surface area contributed by atoms with Crippen LogP contribution in [-0.4, -0.2) is 115 Å². The molecule has 0 bridgehead atoms. The first kappa shape index (κ1) is 38.6. The first-order valence-corrected chi connectivity index (χ1v) is 12.2. The van der Waals surface area contributed by atoms with Crippen molar-refractivity contribution in [1.29, 1.82) is 0 Å². The van der Waals surface area contributed by atoms with Gasteiger partial charge in [0.25, 0.3) is 0 Å². The summed E-state index contributed by atoms with van der Waals surface area (Å²) in [7, 11) is 0. The summed E-state index contributed by atoms with van der Waals surface area (Å²) in [6.45, 7) is 0. The van der Waals surface area contributed by atoms with E-state index in [1.807, 2.05) is 0 Å².